The summed E-state index contributed by atoms with van der Waals surface area (Å²) in [7, 11) is 0. The van der Waals surface area contributed by atoms with Gasteiger partial charge in [0, 0.05) is 18.7 Å². The van der Waals surface area contributed by atoms with Crippen LogP contribution in [0.3, 0.4) is 0 Å². The summed E-state index contributed by atoms with van der Waals surface area (Å²) in [6.07, 6.45) is 1.39. The van der Waals surface area contributed by atoms with Crippen LogP contribution < -0.4 is 11.1 Å². The average molecular weight is 273 g/mol. The molecule has 0 aromatic carbocycles. The van der Waals surface area contributed by atoms with Crippen molar-refractivity contribution in [1.29, 1.82) is 0 Å². The maximum absolute atomic E-state index is 11.3. The zero-order valence-corrected chi connectivity index (χ0v) is 12.0. The van der Waals surface area contributed by atoms with Gasteiger partial charge in [-0.2, -0.15) is 0 Å². The van der Waals surface area contributed by atoms with Crippen LogP contribution in [0.1, 0.15) is 36.0 Å². The number of nitrogens with two attached hydrogens (primary N) is 1. The number of aryl methyl sites for hydroxylation is 2. The van der Waals surface area contributed by atoms with Gasteiger partial charge >= 0.3 is 0 Å². The number of nitrogens with one attached hydrogen (secondary N) is 1. The number of amides is 1. The van der Waals surface area contributed by atoms with E-state index in [4.69, 9.17) is 5.73 Å². The van der Waals surface area contributed by atoms with Crippen LogP contribution in [0.4, 0.5) is 5.82 Å². The van der Waals surface area contributed by atoms with Crippen molar-refractivity contribution in [2.45, 2.75) is 39.7 Å². The van der Waals surface area contributed by atoms with Gasteiger partial charge in [-0.1, -0.05) is 0 Å². The Hall–Kier alpha value is -2.11. The summed E-state index contributed by atoms with van der Waals surface area (Å²) in [5, 5.41) is 3.86. The molecule has 0 saturated carbocycles. The van der Waals surface area contributed by atoms with Gasteiger partial charge in [0.05, 0.1) is 11.4 Å². The number of nitrogen functional groups attached to an aromatic ring is 1. The molecule has 1 atom stereocenters. The number of hydrogen-bond donors (Lipinski definition) is 2. The minimum absolute atomic E-state index is 0.123. The van der Waals surface area contributed by atoms with E-state index in [1.807, 2.05) is 13.8 Å². The Morgan fingerprint density at radius 3 is 2.70 bits per heavy atom. The van der Waals surface area contributed by atoms with E-state index in [1.54, 1.807) is 0 Å². The van der Waals surface area contributed by atoms with E-state index in [0.29, 0.717) is 24.6 Å². The second-order valence-corrected chi connectivity index (χ2v) is 5.43. The molecule has 0 bridgehead atoms. The zero-order chi connectivity index (χ0) is 14.4. The fourth-order valence-corrected chi connectivity index (χ4v) is 3.02. The lowest BCUT2D eigenvalue weighted by Gasteiger charge is -2.26. The lowest BCUT2D eigenvalue weighted by molar-refractivity contribution is -0.122. The smallest absolute Gasteiger partial charge is 0.220 e. The minimum atomic E-state index is 0.123. The largest absolute Gasteiger partial charge is 0.383 e. The van der Waals surface area contributed by atoms with Gasteiger partial charge in [0.25, 0.3) is 0 Å². The molecule has 20 heavy (non-hydrogen) atoms. The molecule has 6 heteroatoms. The van der Waals surface area contributed by atoms with Crippen molar-refractivity contribution in [3.8, 4) is 0 Å². The van der Waals surface area contributed by atoms with Crippen LogP contribution in [0.5, 0.6) is 0 Å². The molecular weight excluding hydrogens is 254 g/mol. The summed E-state index contributed by atoms with van der Waals surface area (Å²) < 4.78 is 2.20. The third-order valence-corrected chi connectivity index (χ3v) is 4.14. The molecule has 106 valence electrons. The van der Waals surface area contributed by atoms with Gasteiger partial charge in [-0.3, -0.25) is 4.79 Å². The number of piperidine rings is 1. The van der Waals surface area contributed by atoms with Crippen molar-refractivity contribution in [2.24, 2.45) is 0 Å². The number of rotatable bonds is 1. The monoisotopic (exact) mass is 273 g/mol. The van der Waals surface area contributed by atoms with Crippen molar-refractivity contribution < 1.29 is 4.79 Å². The molecule has 0 spiro atoms. The molecule has 0 radical (unpaired) electrons. The Balaban J connectivity index is 2.20. The molecule has 1 aliphatic heterocycles. The topological polar surface area (TPSA) is 85.8 Å². The van der Waals surface area contributed by atoms with E-state index < -0.39 is 0 Å². The lowest BCUT2D eigenvalue weighted by atomic mass is 10.1. The number of nitrogens with zero attached hydrogens (tertiary/aromatic N) is 3. The quantitative estimate of drug-likeness (QED) is 0.822. The van der Waals surface area contributed by atoms with Crippen LogP contribution in [0.2, 0.25) is 0 Å². The van der Waals surface area contributed by atoms with Gasteiger partial charge in [0.2, 0.25) is 5.91 Å². The van der Waals surface area contributed by atoms with Crippen molar-refractivity contribution >= 4 is 22.8 Å². The summed E-state index contributed by atoms with van der Waals surface area (Å²) in [6, 6.07) is 0.234. The molecule has 1 saturated heterocycles. The van der Waals surface area contributed by atoms with Crippen molar-refractivity contribution in [3.63, 3.8) is 0 Å². The first-order chi connectivity index (χ1) is 9.49. The van der Waals surface area contributed by atoms with Crippen LogP contribution in [0, 0.1) is 20.8 Å². The average Bonchev–Trinajstić information content (AvgIpc) is 2.63. The van der Waals surface area contributed by atoms with Gasteiger partial charge in [-0.15, -0.1) is 0 Å². The second kappa shape index (κ2) is 4.47. The molecule has 1 aliphatic rings. The first-order valence-electron chi connectivity index (χ1n) is 6.87. The van der Waals surface area contributed by atoms with Crippen LogP contribution in [0.25, 0.3) is 11.0 Å². The van der Waals surface area contributed by atoms with Crippen LogP contribution in [-0.2, 0) is 4.79 Å². The predicted octanol–water partition coefficient (Wildman–Crippen LogP) is 1.39. The molecule has 1 amide bonds. The maximum Gasteiger partial charge on any atom is 0.220 e. The van der Waals surface area contributed by atoms with Crippen LogP contribution >= 0.6 is 0 Å². The molecule has 3 N–H and O–H groups in total. The highest BCUT2D eigenvalue weighted by Crippen LogP contribution is 2.32. The van der Waals surface area contributed by atoms with Crippen molar-refractivity contribution in [3.05, 3.63) is 17.1 Å². The highest BCUT2D eigenvalue weighted by atomic mass is 16.1. The van der Waals surface area contributed by atoms with Crippen LogP contribution in [0.15, 0.2) is 0 Å². The van der Waals surface area contributed by atoms with E-state index in [0.717, 1.165) is 28.7 Å². The van der Waals surface area contributed by atoms with E-state index in [2.05, 4.69) is 26.8 Å². The maximum atomic E-state index is 11.3. The number of fused-ring (bicyclic) bond motifs is 1. The van der Waals surface area contributed by atoms with E-state index in [1.165, 1.54) is 0 Å². The second-order valence-electron chi connectivity index (χ2n) is 5.43. The molecule has 1 fully saturated rings. The molecule has 0 aliphatic carbocycles. The number of carbonyl (C=O) groups excluding carboxylic acids is 1. The number of anilines is 1. The Labute approximate surface area is 117 Å². The number of carbonyl (C=O) groups is 1. The van der Waals surface area contributed by atoms with Crippen molar-refractivity contribution in [2.75, 3.05) is 12.3 Å². The number of hydrogen-bond acceptors (Lipinski definition) is 4. The predicted molar refractivity (Wildman–Crippen MR) is 77.4 cm³/mol. The van der Waals surface area contributed by atoms with Crippen LogP contribution in [-0.4, -0.2) is 27.0 Å². The summed E-state index contributed by atoms with van der Waals surface area (Å²) >= 11 is 0. The molecule has 3 rings (SSSR count). The normalized spacial score (nSPS) is 19.4. The van der Waals surface area contributed by atoms with Gasteiger partial charge in [-0.25, -0.2) is 9.97 Å². The van der Waals surface area contributed by atoms with E-state index in [-0.39, 0.29) is 11.9 Å². The Kier molecular flexibility index (Phi) is 2.88. The lowest BCUT2D eigenvalue weighted by Crippen LogP contribution is -2.36. The number of aromatic nitrogens is 3. The first-order valence-corrected chi connectivity index (χ1v) is 6.87. The molecule has 3 heterocycles. The van der Waals surface area contributed by atoms with Gasteiger partial charge in [-0.05, 0) is 32.8 Å². The Morgan fingerprint density at radius 2 is 2.05 bits per heavy atom. The highest BCUT2D eigenvalue weighted by molar-refractivity contribution is 5.91. The molecular formula is C14H19N5O. The molecule has 1 unspecified atom stereocenters. The SMILES string of the molecule is Cc1nc(N)c2c(C)c(C)n(C3CCC(=O)NC3)c2n1. The molecule has 2 aromatic heterocycles. The third-order valence-electron chi connectivity index (χ3n) is 4.14. The minimum Gasteiger partial charge on any atom is -0.383 e. The summed E-state index contributed by atoms with van der Waals surface area (Å²) in [6.45, 7) is 6.61. The van der Waals surface area contributed by atoms with Gasteiger partial charge in [0.1, 0.15) is 17.3 Å². The molecule has 2 aromatic rings. The fourth-order valence-electron chi connectivity index (χ4n) is 3.02. The first kappa shape index (κ1) is 12.9. The Bertz CT molecular complexity index is 693. The summed E-state index contributed by atoms with van der Waals surface area (Å²) in [5.74, 6) is 1.33. The standard InChI is InChI=1S/C14H19N5O/c1-7-8(2)19(10-4-5-11(20)16-6-10)14-12(7)13(15)17-9(3)18-14/h10H,4-6H2,1-3H3,(H,16,20)(H2,15,17,18). The summed E-state index contributed by atoms with van der Waals surface area (Å²) in [4.78, 5) is 20.2. The van der Waals surface area contributed by atoms with Gasteiger partial charge < -0.3 is 15.6 Å². The summed E-state index contributed by atoms with van der Waals surface area (Å²) in [5.41, 5.74) is 9.20. The highest BCUT2D eigenvalue weighted by Gasteiger charge is 2.25. The van der Waals surface area contributed by atoms with E-state index >= 15 is 0 Å². The Morgan fingerprint density at radius 1 is 1.30 bits per heavy atom. The van der Waals surface area contributed by atoms with Gasteiger partial charge in [0.15, 0.2) is 0 Å². The third kappa shape index (κ3) is 1.83. The van der Waals surface area contributed by atoms with E-state index in [9.17, 15) is 4.79 Å². The zero-order valence-electron chi connectivity index (χ0n) is 12.0. The van der Waals surface area contributed by atoms with Crippen molar-refractivity contribution in [1.82, 2.24) is 19.9 Å². The fraction of sp³-hybridized carbons (Fsp3) is 0.500. The molecule has 6 nitrogen and oxygen atoms in total.